The summed E-state index contributed by atoms with van der Waals surface area (Å²) in [6.45, 7) is 0. The van der Waals surface area contributed by atoms with Crippen LogP contribution >= 0.6 is 0 Å². The Morgan fingerprint density at radius 1 is 1.31 bits per heavy atom. The van der Waals surface area contributed by atoms with Gasteiger partial charge in [-0.15, -0.1) is 0 Å². The highest BCUT2D eigenvalue weighted by Gasteiger charge is 2.29. The fraction of sp³-hybridized carbons (Fsp3) is 0.600. The van der Waals surface area contributed by atoms with Gasteiger partial charge in [-0.25, -0.2) is 4.79 Å². The fourth-order valence-electron chi connectivity index (χ4n) is 2.10. The van der Waals surface area contributed by atoms with Crippen LogP contribution in [0.25, 0.3) is 0 Å². The number of nitrogens with zero attached hydrogens (tertiary/aromatic N) is 1. The van der Waals surface area contributed by atoms with Gasteiger partial charge in [0, 0.05) is 12.3 Å². The molecule has 2 rings (SSSR count). The lowest BCUT2D eigenvalue weighted by Crippen LogP contribution is -2.40. The quantitative estimate of drug-likeness (QED) is 0.571. The first-order chi connectivity index (χ1) is 7.58. The van der Waals surface area contributed by atoms with E-state index in [4.69, 9.17) is 0 Å². The van der Waals surface area contributed by atoms with Crippen LogP contribution in [0, 0.1) is 0 Å². The first-order valence-electron chi connectivity index (χ1n) is 5.25. The molecule has 3 N–H and O–H groups in total. The zero-order valence-electron chi connectivity index (χ0n) is 8.67. The minimum Gasteiger partial charge on any atom is -0.393 e. The Kier molecular flexibility index (Phi) is 2.93. The smallest absolute Gasteiger partial charge is 0.328 e. The number of H-pyrrole nitrogens is 1. The van der Waals surface area contributed by atoms with Gasteiger partial charge in [-0.2, -0.15) is 0 Å². The fourth-order valence-corrected chi connectivity index (χ4v) is 2.10. The molecule has 6 nitrogen and oxygen atoms in total. The van der Waals surface area contributed by atoms with E-state index in [1.54, 1.807) is 0 Å². The number of aliphatic hydroxyl groups is 2. The van der Waals surface area contributed by atoms with Crippen molar-refractivity contribution in [3.8, 4) is 0 Å². The molecule has 0 bridgehead atoms. The standard InChI is InChI=1S/C10H14N2O4/c13-6-1-2-8(14)7(5-6)12-4-3-9(15)11-10(12)16/h3-4,6-8,13-14H,1-2,5H2,(H,11,15,16)/t6-,7?,8-/m1/s1. The van der Waals surface area contributed by atoms with Crippen molar-refractivity contribution in [2.24, 2.45) is 0 Å². The lowest BCUT2D eigenvalue weighted by molar-refractivity contribution is 0.0109. The zero-order chi connectivity index (χ0) is 11.7. The molecule has 1 aliphatic carbocycles. The third-order valence-electron chi connectivity index (χ3n) is 2.96. The van der Waals surface area contributed by atoms with E-state index in [2.05, 4.69) is 4.98 Å². The van der Waals surface area contributed by atoms with Crippen LogP contribution in [-0.4, -0.2) is 32.0 Å². The van der Waals surface area contributed by atoms with E-state index in [0.29, 0.717) is 19.3 Å². The second kappa shape index (κ2) is 4.23. The predicted molar refractivity (Wildman–Crippen MR) is 56.2 cm³/mol. The molecule has 1 heterocycles. The van der Waals surface area contributed by atoms with Gasteiger partial charge >= 0.3 is 5.69 Å². The summed E-state index contributed by atoms with van der Waals surface area (Å²) in [6, 6.07) is 0.767. The number of nitrogens with one attached hydrogen (secondary N) is 1. The summed E-state index contributed by atoms with van der Waals surface area (Å²) in [7, 11) is 0. The number of aromatic amines is 1. The van der Waals surface area contributed by atoms with E-state index < -0.39 is 29.5 Å². The number of aromatic nitrogens is 2. The van der Waals surface area contributed by atoms with Crippen molar-refractivity contribution in [2.75, 3.05) is 0 Å². The maximum Gasteiger partial charge on any atom is 0.328 e. The second-order valence-corrected chi connectivity index (χ2v) is 4.12. The Hall–Kier alpha value is -1.40. The van der Waals surface area contributed by atoms with Crippen molar-refractivity contribution >= 4 is 0 Å². The van der Waals surface area contributed by atoms with E-state index in [-0.39, 0.29) is 0 Å². The van der Waals surface area contributed by atoms with Gasteiger partial charge < -0.3 is 10.2 Å². The molecular weight excluding hydrogens is 212 g/mol. The number of rotatable bonds is 1. The van der Waals surface area contributed by atoms with E-state index in [9.17, 15) is 19.8 Å². The molecule has 0 radical (unpaired) electrons. The molecule has 3 atom stereocenters. The summed E-state index contributed by atoms with van der Waals surface area (Å²) in [5.41, 5.74) is -1.02. The molecule has 0 aliphatic heterocycles. The summed E-state index contributed by atoms with van der Waals surface area (Å²) in [5, 5.41) is 19.3. The highest BCUT2D eigenvalue weighted by atomic mass is 16.3. The van der Waals surface area contributed by atoms with E-state index in [1.807, 2.05) is 0 Å². The van der Waals surface area contributed by atoms with Crippen molar-refractivity contribution in [2.45, 2.75) is 37.5 Å². The summed E-state index contributed by atoms with van der Waals surface area (Å²) in [4.78, 5) is 24.5. The molecule has 0 aromatic carbocycles. The third-order valence-corrected chi connectivity index (χ3v) is 2.96. The maximum atomic E-state index is 11.5. The van der Waals surface area contributed by atoms with Crippen molar-refractivity contribution in [3.63, 3.8) is 0 Å². The van der Waals surface area contributed by atoms with Gasteiger partial charge in [0.1, 0.15) is 0 Å². The highest BCUT2D eigenvalue weighted by Crippen LogP contribution is 2.27. The largest absolute Gasteiger partial charge is 0.393 e. The van der Waals surface area contributed by atoms with Crippen LogP contribution in [0.1, 0.15) is 25.3 Å². The van der Waals surface area contributed by atoms with Gasteiger partial charge in [-0.1, -0.05) is 0 Å². The van der Waals surface area contributed by atoms with E-state index >= 15 is 0 Å². The molecule has 1 unspecified atom stereocenters. The van der Waals surface area contributed by atoms with Crippen molar-refractivity contribution in [1.29, 1.82) is 0 Å². The van der Waals surface area contributed by atoms with E-state index in [1.165, 1.54) is 16.8 Å². The number of aliphatic hydroxyl groups excluding tert-OH is 2. The van der Waals surface area contributed by atoms with Gasteiger partial charge in [-0.05, 0) is 19.3 Å². The molecule has 1 saturated carbocycles. The summed E-state index contributed by atoms with van der Waals surface area (Å²) >= 11 is 0. The van der Waals surface area contributed by atoms with Crippen LogP contribution in [0.2, 0.25) is 0 Å². The lowest BCUT2D eigenvalue weighted by atomic mass is 9.90. The molecule has 16 heavy (non-hydrogen) atoms. The second-order valence-electron chi connectivity index (χ2n) is 4.12. The highest BCUT2D eigenvalue weighted by molar-refractivity contribution is 4.91. The SMILES string of the molecule is O=c1ccn(C2C[C@H](O)CC[C@H]2O)c(=O)[nH]1. The van der Waals surface area contributed by atoms with Gasteiger partial charge in [-0.3, -0.25) is 14.3 Å². The Labute approximate surface area is 91.2 Å². The molecule has 0 amide bonds. The Balaban J connectivity index is 2.35. The van der Waals surface area contributed by atoms with Crippen molar-refractivity contribution in [3.05, 3.63) is 33.1 Å². The van der Waals surface area contributed by atoms with Crippen LogP contribution in [0.3, 0.4) is 0 Å². The molecule has 88 valence electrons. The van der Waals surface area contributed by atoms with Crippen LogP contribution in [0.5, 0.6) is 0 Å². The normalized spacial score (nSPS) is 30.2. The van der Waals surface area contributed by atoms with Crippen LogP contribution in [0.15, 0.2) is 21.9 Å². The van der Waals surface area contributed by atoms with Crippen LogP contribution in [0.4, 0.5) is 0 Å². The van der Waals surface area contributed by atoms with E-state index in [0.717, 1.165) is 0 Å². The molecule has 1 aromatic rings. The monoisotopic (exact) mass is 226 g/mol. The molecule has 1 fully saturated rings. The third kappa shape index (κ3) is 2.07. The van der Waals surface area contributed by atoms with Crippen molar-refractivity contribution < 1.29 is 10.2 Å². The minimum absolute atomic E-state index is 0.327. The Morgan fingerprint density at radius 2 is 2.06 bits per heavy atom. The number of hydrogen-bond donors (Lipinski definition) is 3. The average Bonchev–Trinajstić information content (AvgIpc) is 2.22. The minimum atomic E-state index is -0.660. The molecule has 1 aromatic heterocycles. The van der Waals surface area contributed by atoms with Crippen LogP contribution in [-0.2, 0) is 0 Å². The molecular formula is C10H14N2O4. The number of hydrogen-bond acceptors (Lipinski definition) is 4. The Morgan fingerprint density at radius 3 is 2.75 bits per heavy atom. The van der Waals surface area contributed by atoms with Crippen molar-refractivity contribution in [1.82, 2.24) is 9.55 Å². The zero-order valence-corrected chi connectivity index (χ0v) is 8.67. The van der Waals surface area contributed by atoms with Gasteiger partial charge in [0.15, 0.2) is 0 Å². The molecule has 1 aliphatic rings. The topological polar surface area (TPSA) is 95.3 Å². The average molecular weight is 226 g/mol. The molecule has 0 spiro atoms. The van der Waals surface area contributed by atoms with Gasteiger partial charge in [0.25, 0.3) is 5.56 Å². The summed E-state index contributed by atoms with van der Waals surface area (Å²) in [6.07, 6.45) is 1.51. The van der Waals surface area contributed by atoms with Gasteiger partial charge in [0.05, 0.1) is 18.2 Å². The van der Waals surface area contributed by atoms with Crippen LogP contribution < -0.4 is 11.2 Å². The lowest BCUT2D eigenvalue weighted by Gasteiger charge is -2.31. The summed E-state index contributed by atoms with van der Waals surface area (Å²) in [5.74, 6) is 0. The molecule has 0 saturated heterocycles. The molecule has 6 heteroatoms. The Bertz CT molecular complexity index is 478. The maximum absolute atomic E-state index is 11.5. The predicted octanol–water partition coefficient (Wildman–Crippen LogP) is -1.02. The van der Waals surface area contributed by atoms with Gasteiger partial charge in [0.2, 0.25) is 0 Å². The first kappa shape index (κ1) is 11.1. The summed E-state index contributed by atoms with van der Waals surface area (Å²) < 4.78 is 1.27. The first-order valence-corrected chi connectivity index (χ1v) is 5.25.